The number of carbonyl (C=O) groups excluding carboxylic acids is 5. The van der Waals surface area contributed by atoms with Gasteiger partial charge >= 0.3 is 23.8 Å². The summed E-state index contributed by atoms with van der Waals surface area (Å²) in [6.45, 7) is 9.28. The second kappa shape index (κ2) is 7.53. The van der Waals surface area contributed by atoms with Crippen molar-refractivity contribution < 1.29 is 28.7 Å². The summed E-state index contributed by atoms with van der Waals surface area (Å²) in [4.78, 5) is 59.7. The Bertz CT molecular complexity index is 639. The lowest BCUT2D eigenvalue weighted by atomic mass is 10.2. The third-order valence-corrected chi connectivity index (χ3v) is 3.14. The van der Waals surface area contributed by atoms with Gasteiger partial charge in [0.15, 0.2) is 0 Å². The summed E-state index contributed by atoms with van der Waals surface area (Å²) >= 11 is 0. The molecule has 1 unspecified atom stereocenters. The molecule has 9 nitrogen and oxygen atoms in total. The SMILES string of the molecule is C=C(C)C(=O)NCC(CN1C(=O)C(=O)N(C)C1=O)OC(=O)C(=C)C. The number of amides is 5. The molecule has 9 heteroatoms. The Morgan fingerprint density at radius 3 is 2.12 bits per heavy atom. The zero-order valence-electron chi connectivity index (χ0n) is 13.7. The highest BCUT2D eigenvalue weighted by Gasteiger charge is 2.43. The highest BCUT2D eigenvalue weighted by molar-refractivity contribution is 6.44. The fourth-order valence-corrected chi connectivity index (χ4v) is 1.73. The third kappa shape index (κ3) is 4.28. The molecule has 0 aromatic carbocycles. The van der Waals surface area contributed by atoms with Crippen LogP contribution in [-0.4, -0.2) is 65.8 Å². The highest BCUT2D eigenvalue weighted by Crippen LogP contribution is 2.12. The van der Waals surface area contributed by atoms with E-state index in [0.717, 1.165) is 0 Å². The molecule has 0 radical (unpaired) electrons. The third-order valence-electron chi connectivity index (χ3n) is 3.14. The van der Waals surface area contributed by atoms with Crippen LogP contribution in [0.25, 0.3) is 0 Å². The zero-order valence-corrected chi connectivity index (χ0v) is 13.7. The number of rotatable bonds is 7. The number of hydrogen-bond donors (Lipinski definition) is 1. The summed E-state index contributed by atoms with van der Waals surface area (Å²) in [7, 11) is 1.17. The Balaban J connectivity index is 2.86. The maximum absolute atomic E-state index is 11.9. The van der Waals surface area contributed by atoms with Crippen LogP contribution in [0.5, 0.6) is 0 Å². The van der Waals surface area contributed by atoms with Gasteiger partial charge in [0.05, 0.1) is 13.1 Å². The summed E-state index contributed by atoms with van der Waals surface area (Å²) in [5.41, 5.74) is 0.349. The van der Waals surface area contributed by atoms with E-state index >= 15 is 0 Å². The van der Waals surface area contributed by atoms with Crippen LogP contribution in [0.3, 0.4) is 0 Å². The minimum atomic E-state index is -1.04. The average molecular weight is 337 g/mol. The van der Waals surface area contributed by atoms with Gasteiger partial charge < -0.3 is 10.1 Å². The van der Waals surface area contributed by atoms with Crippen molar-refractivity contribution in [2.24, 2.45) is 0 Å². The molecule has 1 aliphatic rings. The summed E-state index contributed by atoms with van der Waals surface area (Å²) in [5, 5.41) is 2.46. The number of imide groups is 2. The van der Waals surface area contributed by atoms with Crippen molar-refractivity contribution in [3.05, 3.63) is 24.3 Å². The molecule has 1 N–H and O–H groups in total. The Kier molecular flexibility index (Phi) is 5.99. The van der Waals surface area contributed by atoms with Crippen LogP contribution < -0.4 is 5.32 Å². The molecule has 5 amide bonds. The molecule has 0 saturated carbocycles. The van der Waals surface area contributed by atoms with Crippen molar-refractivity contribution in [1.29, 1.82) is 0 Å². The van der Waals surface area contributed by atoms with Crippen molar-refractivity contribution in [3.8, 4) is 0 Å². The predicted octanol–water partition coefficient (Wildman–Crippen LogP) is -0.413. The summed E-state index contributed by atoms with van der Waals surface area (Å²) in [6, 6.07) is -0.826. The van der Waals surface area contributed by atoms with E-state index in [0.29, 0.717) is 9.80 Å². The van der Waals surface area contributed by atoms with Crippen LogP contribution in [0.1, 0.15) is 13.8 Å². The molecule has 1 heterocycles. The first-order valence-corrected chi connectivity index (χ1v) is 7.00. The maximum Gasteiger partial charge on any atom is 0.334 e. The molecule has 1 atom stereocenters. The first-order valence-electron chi connectivity index (χ1n) is 7.00. The van der Waals surface area contributed by atoms with E-state index in [2.05, 4.69) is 18.5 Å². The Morgan fingerprint density at radius 1 is 1.12 bits per heavy atom. The molecule has 1 rings (SSSR count). The van der Waals surface area contributed by atoms with E-state index in [1.165, 1.54) is 20.9 Å². The number of urea groups is 1. The molecule has 130 valence electrons. The van der Waals surface area contributed by atoms with Crippen molar-refractivity contribution in [1.82, 2.24) is 15.1 Å². The van der Waals surface area contributed by atoms with Crippen molar-refractivity contribution in [2.45, 2.75) is 20.0 Å². The molecule has 0 bridgehead atoms. The molecule has 0 aliphatic carbocycles. The van der Waals surface area contributed by atoms with Crippen molar-refractivity contribution in [3.63, 3.8) is 0 Å². The lowest BCUT2D eigenvalue weighted by molar-refractivity contribution is -0.148. The van der Waals surface area contributed by atoms with Gasteiger partial charge in [0, 0.05) is 18.2 Å². The fourth-order valence-electron chi connectivity index (χ4n) is 1.73. The van der Waals surface area contributed by atoms with E-state index < -0.39 is 35.8 Å². The highest BCUT2D eigenvalue weighted by atomic mass is 16.5. The van der Waals surface area contributed by atoms with Gasteiger partial charge in [-0.05, 0) is 13.8 Å². The number of ether oxygens (including phenoxy) is 1. The van der Waals surface area contributed by atoms with Gasteiger partial charge in [-0.1, -0.05) is 13.2 Å². The Morgan fingerprint density at radius 2 is 1.71 bits per heavy atom. The van der Waals surface area contributed by atoms with Gasteiger partial charge in [0.2, 0.25) is 5.91 Å². The van der Waals surface area contributed by atoms with Crippen LogP contribution in [0, 0.1) is 0 Å². The first-order chi connectivity index (χ1) is 11.1. The smallest absolute Gasteiger partial charge is 0.334 e. The second-order valence-electron chi connectivity index (χ2n) is 5.36. The molecule has 1 aliphatic heterocycles. The van der Waals surface area contributed by atoms with Gasteiger partial charge in [-0.3, -0.25) is 24.2 Å². The number of carbonyl (C=O) groups is 5. The van der Waals surface area contributed by atoms with Crippen LogP contribution in [-0.2, 0) is 23.9 Å². The Hall–Kier alpha value is -2.97. The van der Waals surface area contributed by atoms with Crippen LogP contribution in [0.2, 0.25) is 0 Å². The summed E-state index contributed by atoms with van der Waals surface area (Å²) < 4.78 is 5.11. The van der Waals surface area contributed by atoms with Gasteiger partial charge in [-0.25, -0.2) is 9.59 Å². The monoisotopic (exact) mass is 337 g/mol. The van der Waals surface area contributed by atoms with Gasteiger partial charge in [0.25, 0.3) is 0 Å². The summed E-state index contributed by atoms with van der Waals surface area (Å²) in [5.74, 6) is -3.22. The quantitative estimate of drug-likeness (QED) is 0.292. The maximum atomic E-state index is 11.9. The zero-order chi connectivity index (χ0) is 18.6. The average Bonchev–Trinajstić information content (AvgIpc) is 2.69. The number of nitrogens with zero attached hydrogens (tertiary/aromatic N) is 2. The number of likely N-dealkylation sites (N-methyl/N-ethyl adjacent to an activating group) is 1. The van der Waals surface area contributed by atoms with E-state index in [-0.39, 0.29) is 24.2 Å². The molecule has 0 spiro atoms. The molecule has 0 aromatic heterocycles. The van der Waals surface area contributed by atoms with Crippen LogP contribution in [0.15, 0.2) is 24.3 Å². The van der Waals surface area contributed by atoms with E-state index in [1.807, 2.05) is 0 Å². The lowest BCUT2D eigenvalue weighted by Gasteiger charge is -2.22. The topological polar surface area (TPSA) is 113 Å². The Labute approximate surface area is 138 Å². The van der Waals surface area contributed by atoms with Gasteiger partial charge in [-0.15, -0.1) is 0 Å². The molecule has 0 aromatic rings. The number of hydrogen-bond acceptors (Lipinski definition) is 6. The molecular formula is C15H19N3O6. The van der Waals surface area contributed by atoms with Gasteiger partial charge in [0.1, 0.15) is 6.10 Å². The van der Waals surface area contributed by atoms with E-state index in [9.17, 15) is 24.0 Å². The number of esters is 1. The largest absolute Gasteiger partial charge is 0.455 e. The van der Waals surface area contributed by atoms with Crippen LogP contribution in [0.4, 0.5) is 4.79 Å². The minimum Gasteiger partial charge on any atom is -0.455 e. The minimum absolute atomic E-state index is 0.110. The molecule has 1 fully saturated rings. The van der Waals surface area contributed by atoms with Crippen LogP contribution >= 0.6 is 0 Å². The molecular weight excluding hydrogens is 318 g/mol. The second-order valence-corrected chi connectivity index (χ2v) is 5.36. The lowest BCUT2D eigenvalue weighted by Crippen LogP contribution is -2.45. The first kappa shape index (κ1) is 19.1. The predicted molar refractivity (Wildman–Crippen MR) is 82.4 cm³/mol. The normalized spacial score (nSPS) is 15.4. The van der Waals surface area contributed by atoms with Crippen molar-refractivity contribution >= 4 is 29.7 Å². The fraction of sp³-hybridized carbons (Fsp3) is 0.400. The summed E-state index contributed by atoms with van der Waals surface area (Å²) in [6.07, 6.45) is -1.04. The van der Waals surface area contributed by atoms with E-state index in [1.54, 1.807) is 0 Å². The standard InChI is InChI=1S/C15H19N3O6/c1-8(2)11(19)16-6-10(24-14(22)9(3)4)7-18-13(21)12(20)17(5)15(18)23/h10H,1,3,6-7H2,2,4-5H3,(H,16,19). The molecule has 24 heavy (non-hydrogen) atoms. The number of nitrogens with one attached hydrogen (secondary N) is 1. The molecule has 1 saturated heterocycles. The van der Waals surface area contributed by atoms with E-state index in [4.69, 9.17) is 4.74 Å². The van der Waals surface area contributed by atoms with Crippen molar-refractivity contribution in [2.75, 3.05) is 20.1 Å². The van der Waals surface area contributed by atoms with Gasteiger partial charge in [-0.2, -0.15) is 0 Å².